The maximum Gasteiger partial charge on any atom is 0.336 e. The zero-order valence-corrected chi connectivity index (χ0v) is 14.5. The maximum absolute atomic E-state index is 11.4. The van der Waals surface area contributed by atoms with E-state index in [9.17, 15) is 14.7 Å². The van der Waals surface area contributed by atoms with Crippen molar-refractivity contribution in [1.82, 2.24) is 0 Å². The van der Waals surface area contributed by atoms with Crippen molar-refractivity contribution in [3.63, 3.8) is 0 Å². The van der Waals surface area contributed by atoms with E-state index in [-0.39, 0.29) is 16.9 Å². The lowest BCUT2D eigenvalue weighted by Gasteiger charge is -2.13. The molecule has 0 radical (unpaired) electrons. The highest BCUT2D eigenvalue weighted by molar-refractivity contribution is 7.80. The zero-order valence-electron chi connectivity index (χ0n) is 13.7. The number of hydrogen-bond acceptors (Lipinski definition) is 6. The summed E-state index contributed by atoms with van der Waals surface area (Å²) in [6.07, 6.45) is 1.81. The van der Waals surface area contributed by atoms with Crippen molar-refractivity contribution in [2.45, 2.75) is 44.0 Å². The third-order valence-electron chi connectivity index (χ3n) is 3.38. The van der Waals surface area contributed by atoms with Gasteiger partial charge in [-0.15, -0.1) is 12.6 Å². The lowest BCUT2D eigenvalue weighted by Crippen LogP contribution is -2.32. The van der Waals surface area contributed by atoms with Crippen LogP contribution >= 0.6 is 12.6 Å². The minimum absolute atomic E-state index is 0.0355. The number of carbonyl (C=O) groups is 2. The number of benzene rings is 1. The average molecular weight is 354 g/mol. The smallest absolute Gasteiger partial charge is 0.336 e. The summed E-state index contributed by atoms with van der Waals surface area (Å²) in [4.78, 5) is 27.7. The van der Waals surface area contributed by atoms with E-state index >= 15 is 0 Å². The van der Waals surface area contributed by atoms with Crippen LogP contribution < -0.4 is 5.73 Å². The minimum atomic E-state index is -1.17. The number of oxime groups is 1. The summed E-state index contributed by atoms with van der Waals surface area (Å²) in [7, 11) is 0. The van der Waals surface area contributed by atoms with E-state index in [1.54, 1.807) is 13.0 Å². The molecule has 0 heterocycles. The molecule has 0 fully saturated rings. The Morgan fingerprint density at radius 2 is 2.04 bits per heavy atom. The molecule has 7 nitrogen and oxygen atoms in total. The Balaban J connectivity index is 3.18. The highest BCUT2D eigenvalue weighted by Crippen LogP contribution is 2.24. The third kappa shape index (κ3) is 5.54. The molecule has 0 aromatic heterocycles. The number of nitrogens with two attached hydrogens (primary N) is 1. The number of unbranched alkanes of at least 4 members (excludes halogenated alkanes) is 1. The molecule has 0 amide bonds. The average Bonchev–Trinajstić information content (AvgIpc) is 2.52. The molecule has 1 aromatic rings. The fourth-order valence-corrected chi connectivity index (χ4v) is 2.27. The number of carboxylic acid groups (broad SMARTS) is 2. The minimum Gasteiger partial charge on any atom is -0.480 e. The van der Waals surface area contributed by atoms with E-state index in [4.69, 9.17) is 15.7 Å². The SMILES string of the molecule is CCCCO/N=C(\C)c1cc(CC(N)C(=O)O)c(S)c(C(=O)O)c1. The first-order chi connectivity index (χ1) is 11.3. The van der Waals surface area contributed by atoms with Gasteiger partial charge in [0.1, 0.15) is 12.6 Å². The van der Waals surface area contributed by atoms with E-state index in [0.29, 0.717) is 23.4 Å². The first-order valence-electron chi connectivity index (χ1n) is 7.52. The number of hydrogen-bond donors (Lipinski definition) is 4. The van der Waals surface area contributed by atoms with Gasteiger partial charge in [-0.1, -0.05) is 18.5 Å². The second-order valence-electron chi connectivity index (χ2n) is 5.35. The predicted octanol–water partition coefficient (Wildman–Crippen LogP) is 2.17. The van der Waals surface area contributed by atoms with Gasteiger partial charge in [-0.25, -0.2) is 4.79 Å². The molecule has 0 aliphatic heterocycles. The van der Waals surface area contributed by atoms with Crippen molar-refractivity contribution in [3.05, 3.63) is 28.8 Å². The molecule has 0 spiro atoms. The van der Waals surface area contributed by atoms with Gasteiger partial charge in [0.15, 0.2) is 0 Å². The lowest BCUT2D eigenvalue weighted by molar-refractivity contribution is -0.138. The molecule has 0 saturated heterocycles. The van der Waals surface area contributed by atoms with Gasteiger partial charge in [0.05, 0.1) is 11.3 Å². The van der Waals surface area contributed by atoms with Gasteiger partial charge < -0.3 is 20.8 Å². The molecule has 0 aliphatic carbocycles. The predicted molar refractivity (Wildman–Crippen MR) is 93.0 cm³/mol. The Morgan fingerprint density at radius 3 is 2.58 bits per heavy atom. The molecule has 1 rings (SSSR count). The van der Waals surface area contributed by atoms with Crippen LogP contribution in [0.1, 0.15) is 48.2 Å². The molecular weight excluding hydrogens is 332 g/mol. The summed E-state index contributed by atoms with van der Waals surface area (Å²) in [5, 5.41) is 22.2. The second-order valence-corrected chi connectivity index (χ2v) is 5.80. The van der Waals surface area contributed by atoms with Crippen LogP contribution in [0.25, 0.3) is 0 Å². The van der Waals surface area contributed by atoms with Gasteiger partial charge in [0, 0.05) is 10.5 Å². The van der Waals surface area contributed by atoms with Crippen molar-refractivity contribution in [1.29, 1.82) is 0 Å². The van der Waals surface area contributed by atoms with Crippen molar-refractivity contribution in [3.8, 4) is 0 Å². The molecule has 1 atom stereocenters. The Kier molecular flexibility index (Phi) is 7.73. The monoisotopic (exact) mass is 354 g/mol. The Hall–Kier alpha value is -2.06. The Bertz CT molecular complexity index is 646. The van der Waals surface area contributed by atoms with Crippen molar-refractivity contribution in [2.24, 2.45) is 10.9 Å². The summed E-state index contributed by atoms with van der Waals surface area (Å²) in [5.41, 5.74) is 6.96. The number of carboxylic acids is 2. The van der Waals surface area contributed by atoms with Gasteiger partial charge in [-0.05, 0) is 37.5 Å². The van der Waals surface area contributed by atoms with Crippen LogP contribution in [0.15, 0.2) is 22.2 Å². The van der Waals surface area contributed by atoms with Crippen LogP contribution in [-0.4, -0.2) is 40.5 Å². The Morgan fingerprint density at radius 1 is 1.38 bits per heavy atom. The largest absolute Gasteiger partial charge is 0.480 e. The highest BCUT2D eigenvalue weighted by atomic mass is 32.1. The number of aliphatic carboxylic acids is 1. The van der Waals surface area contributed by atoms with E-state index in [2.05, 4.69) is 17.8 Å². The fourth-order valence-electron chi connectivity index (χ4n) is 1.95. The van der Waals surface area contributed by atoms with E-state index < -0.39 is 18.0 Å². The summed E-state index contributed by atoms with van der Waals surface area (Å²) < 4.78 is 0. The topological polar surface area (TPSA) is 122 Å². The number of rotatable bonds is 9. The molecular formula is C16H22N2O5S. The van der Waals surface area contributed by atoms with Gasteiger partial charge in [-0.2, -0.15) is 0 Å². The second kappa shape index (κ2) is 9.29. The Labute approximate surface area is 145 Å². The van der Waals surface area contributed by atoms with Crippen LogP contribution in [0.2, 0.25) is 0 Å². The summed E-state index contributed by atoms with van der Waals surface area (Å²) in [6.45, 7) is 4.19. The van der Waals surface area contributed by atoms with Crippen molar-refractivity contribution < 1.29 is 24.6 Å². The summed E-state index contributed by atoms with van der Waals surface area (Å²) >= 11 is 4.21. The number of aromatic carboxylic acids is 1. The normalized spacial score (nSPS) is 12.8. The van der Waals surface area contributed by atoms with Crippen LogP contribution in [0, 0.1) is 0 Å². The molecule has 132 valence electrons. The first-order valence-corrected chi connectivity index (χ1v) is 7.97. The van der Waals surface area contributed by atoms with E-state index in [0.717, 1.165) is 12.8 Å². The van der Waals surface area contributed by atoms with Crippen molar-refractivity contribution >= 4 is 30.3 Å². The van der Waals surface area contributed by atoms with Gasteiger partial charge in [0.2, 0.25) is 0 Å². The lowest BCUT2D eigenvalue weighted by atomic mass is 9.98. The summed E-state index contributed by atoms with van der Waals surface area (Å²) in [6, 6.07) is 1.92. The van der Waals surface area contributed by atoms with Crippen LogP contribution in [0.3, 0.4) is 0 Å². The molecule has 1 unspecified atom stereocenters. The fraction of sp³-hybridized carbons (Fsp3) is 0.438. The van der Waals surface area contributed by atoms with Gasteiger partial charge in [0.25, 0.3) is 0 Å². The van der Waals surface area contributed by atoms with E-state index in [1.165, 1.54) is 6.07 Å². The molecule has 4 N–H and O–H groups in total. The van der Waals surface area contributed by atoms with Gasteiger partial charge >= 0.3 is 11.9 Å². The number of nitrogens with zero attached hydrogens (tertiary/aromatic N) is 1. The molecule has 24 heavy (non-hydrogen) atoms. The van der Waals surface area contributed by atoms with E-state index in [1.807, 2.05) is 6.92 Å². The van der Waals surface area contributed by atoms with Crippen LogP contribution in [-0.2, 0) is 16.1 Å². The van der Waals surface area contributed by atoms with Gasteiger partial charge in [-0.3, -0.25) is 4.79 Å². The van der Waals surface area contributed by atoms with Crippen molar-refractivity contribution in [2.75, 3.05) is 6.61 Å². The molecule has 0 saturated carbocycles. The van der Waals surface area contributed by atoms with Crippen LogP contribution in [0.5, 0.6) is 0 Å². The maximum atomic E-state index is 11.4. The molecule has 1 aromatic carbocycles. The van der Waals surface area contributed by atoms with Crippen LogP contribution in [0.4, 0.5) is 0 Å². The quantitative estimate of drug-likeness (QED) is 0.233. The zero-order chi connectivity index (χ0) is 18.3. The molecule has 0 aliphatic rings. The first kappa shape index (κ1) is 20.0. The summed E-state index contributed by atoms with van der Waals surface area (Å²) in [5.74, 6) is -2.33. The molecule has 8 heteroatoms. The standard InChI is InChI=1S/C16H22N2O5S/c1-3-4-5-23-18-9(2)10-6-11(8-13(17)16(21)22)14(24)12(7-10)15(19)20/h6-7,13,24H,3-5,8,17H2,1-2H3,(H,19,20)(H,21,22)/b18-9+. The third-order valence-corrected chi connectivity index (χ3v) is 3.91. The number of thiol groups is 1. The molecule has 0 bridgehead atoms. The highest BCUT2D eigenvalue weighted by Gasteiger charge is 2.19.